The lowest BCUT2D eigenvalue weighted by molar-refractivity contribution is -0.157. The van der Waals surface area contributed by atoms with Gasteiger partial charge in [0.05, 0.1) is 5.56 Å². The molecule has 1 aliphatic rings. The van der Waals surface area contributed by atoms with E-state index >= 15 is 0 Å². The highest BCUT2D eigenvalue weighted by atomic mass is 16.6. The van der Waals surface area contributed by atoms with Gasteiger partial charge in [-0.05, 0) is 63.1 Å². The summed E-state index contributed by atoms with van der Waals surface area (Å²) < 4.78 is 16.6. The monoisotopic (exact) mass is 409 g/mol. The van der Waals surface area contributed by atoms with Gasteiger partial charge in [0, 0.05) is 25.8 Å². The minimum Gasteiger partial charge on any atom is -0.482 e. The van der Waals surface area contributed by atoms with Crippen LogP contribution in [-0.4, -0.2) is 38.1 Å². The van der Waals surface area contributed by atoms with Gasteiger partial charge in [0.1, 0.15) is 17.1 Å². The third-order valence-corrected chi connectivity index (χ3v) is 4.43. The van der Waals surface area contributed by atoms with E-state index < -0.39 is 11.6 Å². The summed E-state index contributed by atoms with van der Waals surface area (Å²) in [6, 6.07) is 11.2. The summed E-state index contributed by atoms with van der Waals surface area (Å²) in [5.41, 5.74) is 2.60. The van der Waals surface area contributed by atoms with Gasteiger partial charge >= 0.3 is 5.97 Å². The molecule has 30 heavy (non-hydrogen) atoms. The Kier molecular flexibility index (Phi) is 5.87. The van der Waals surface area contributed by atoms with Crippen LogP contribution in [0.3, 0.4) is 0 Å². The fourth-order valence-electron chi connectivity index (χ4n) is 3.09. The molecule has 0 spiro atoms. The van der Waals surface area contributed by atoms with Gasteiger partial charge in [-0.3, -0.25) is 4.79 Å². The maximum atomic E-state index is 12.8. The first-order chi connectivity index (χ1) is 14.0. The van der Waals surface area contributed by atoms with E-state index in [-0.39, 0.29) is 18.1 Å². The van der Waals surface area contributed by atoms with Crippen molar-refractivity contribution in [2.45, 2.75) is 33.3 Å². The summed E-state index contributed by atoms with van der Waals surface area (Å²) in [7, 11) is 3.94. The topological polar surface area (TPSA) is 65.1 Å². The molecule has 0 saturated heterocycles. The molecule has 1 aliphatic heterocycles. The van der Waals surface area contributed by atoms with E-state index in [1.807, 2.05) is 50.2 Å². The van der Waals surface area contributed by atoms with Crippen LogP contribution in [0.1, 0.15) is 42.3 Å². The number of hydrogen-bond acceptors (Lipinski definition) is 6. The van der Waals surface area contributed by atoms with E-state index in [4.69, 9.17) is 14.2 Å². The Morgan fingerprint density at radius 3 is 2.40 bits per heavy atom. The number of carbonyl (C=O) groups excluding carboxylic acids is 2. The highest BCUT2D eigenvalue weighted by molar-refractivity contribution is 6.15. The summed E-state index contributed by atoms with van der Waals surface area (Å²) in [4.78, 5) is 26.7. The molecule has 0 unspecified atom stereocenters. The Hall–Kier alpha value is -3.28. The van der Waals surface area contributed by atoms with Crippen molar-refractivity contribution in [3.05, 3.63) is 58.8 Å². The molecule has 2 aromatic carbocycles. The third-order valence-electron chi connectivity index (χ3n) is 4.43. The summed E-state index contributed by atoms with van der Waals surface area (Å²) >= 11 is 0. The van der Waals surface area contributed by atoms with Crippen LogP contribution in [0, 0.1) is 6.92 Å². The zero-order chi connectivity index (χ0) is 22.1. The van der Waals surface area contributed by atoms with Crippen molar-refractivity contribution in [3.8, 4) is 11.5 Å². The molecule has 0 N–H and O–H groups in total. The van der Waals surface area contributed by atoms with Crippen molar-refractivity contribution in [3.63, 3.8) is 0 Å². The largest absolute Gasteiger partial charge is 0.482 e. The SMILES string of the molecule is Cc1cc(OCC(=O)OC(C)(C)C)cc2c1C(=O)/C(=C/c1ccc(N(C)C)cc1)O2. The molecule has 0 fully saturated rings. The zero-order valence-corrected chi connectivity index (χ0v) is 18.2. The van der Waals surface area contributed by atoms with Crippen LogP contribution in [0.4, 0.5) is 5.69 Å². The van der Waals surface area contributed by atoms with Gasteiger partial charge in [0.25, 0.3) is 0 Å². The van der Waals surface area contributed by atoms with Gasteiger partial charge in [0.15, 0.2) is 12.4 Å². The number of nitrogens with zero attached hydrogens (tertiary/aromatic N) is 1. The van der Waals surface area contributed by atoms with Crippen LogP contribution in [0.5, 0.6) is 11.5 Å². The summed E-state index contributed by atoms with van der Waals surface area (Å²) in [6.45, 7) is 6.99. The fraction of sp³-hybridized carbons (Fsp3) is 0.333. The lowest BCUT2D eigenvalue weighted by Gasteiger charge is -2.19. The Bertz CT molecular complexity index is 997. The Morgan fingerprint density at radius 1 is 1.13 bits per heavy atom. The molecule has 158 valence electrons. The summed E-state index contributed by atoms with van der Waals surface area (Å²) in [5, 5.41) is 0. The summed E-state index contributed by atoms with van der Waals surface area (Å²) in [5.74, 6) is 0.504. The average molecular weight is 409 g/mol. The first-order valence-corrected chi connectivity index (χ1v) is 9.74. The maximum Gasteiger partial charge on any atom is 0.344 e. The predicted octanol–water partition coefficient (Wildman–Crippen LogP) is 4.40. The summed E-state index contributed by atoms with van der Waals surface area (Å²) in [6.07, 6.45) is 1.72. The first kappa shape index (κ1) is 21.4. The van der Waals surface area contributed by atoms with Crippen molar-refractivity contribution in [2.75, 3.05) is 25.6 Å². The lowest BCUT2D eigenvalue weighted by Crippen LogP contribution is -2.27. The molecular formula is C24H27NO5. The molecule has 0 aromatic heterocycles. The Morgan fingerprint density at radius 2 is 1.80 bits per heavy atom. The van der Waals surface area contributed by atoms with Crippen molar-refractivity contribution in [2.24, 2.45) is 0 Å². The van der Waals surface area contributed by atoms with Gasteiger partial charge in [-0.2, -0.15) is 0 Å². The van der Waals surface area contributed by atoms with Gasteiger partial charge < -0.3 is 19.1 Å². The van der Waals surface area contributed by atoms with Crippen molar-refractivity contribution >= 4 is 23.5 Å². The van der Waals surface area contributed by atoms with E-state index in [1.54, 1.807) is 39.0 Å². The number of allylic oxidation sites excluding steroid dienone is 1. The van der Waals surface area contributed by atoms with Crippen LogP contribution < -0.4 is 14.4 Å². The fourth-order valence-corrected chi connectivity index (χ4v) is 3.09. The highest BCUT2D eigenvalue weighted by Gasteiger charge is 2.30. The van der Waals surface area contributed by atoms with Crippen LogP contribution in [-0.2, 0) is 9.53 Å². The number of benzene rings is 2. The minimum absolute atomic E-state index is 0.169. The van der Waals surface area contributed by atoms with E-state index in [1.165, 1.54) is 0 Å². The average Bonchev–Trinajstić information content (AvgIpc) is 2.95. The van der Waals surface area contributed by atoms with Gasteiger partial charge in [0.2, 0.25) is 5.78 Å². The maximum absolute atomic E-state index is 12.8. The number of esters is 1. The van der Waals surface area contributed by atoms with Crippen LogP contribution in [0.25, 0.3) is 6.08 Å². The molecule has 2 aromatic rings. The normalized spacial score (nSPS) is 14.3. The molecule has 0 amide bonds. The highest BCUT2D eigenvalue weighted by Crippen LogP contribution is 2.37. The number of aryl methyl sites for hydroxylation is 1. The molecule has 0 saturated carbocycles. The second kappa shape index (κ2) is 8.22. The smallest absolute Gasteiger partial charge is 0.344 e. The van der Waals surface area contributed by atoms with E-state index in [0.29, 0.717) is 17.1 Å². The standard InChI is InChI=1S/C24H27NO5/c1-15-11-18(28-14-21(26)30-24(2,3)4)13-19-22(15)23(27)20(29-19)12-16-7-9-17(10-8-16)25(5)6/h7-13H,14H2,1-6H3/b20-12-. The molecule has 0 radical (unpaired) electrons. The molecule has 0 aliphatic carbocycles. The number of carbonyl (C=O) groups is 2. The van der Waals surface area contributed by atoms with Crippen LogP contribution >= 0.6 is 0 Å². The molecule has 3 rings (SSSR count). The number of anilines is 1. The van der Waals surface area contributed by atoms with E-state index in [0.717, 1.165) is 16.8 Å². The number of Topliss-reactive ketones (excluding diaryl/α,β-unsaturated/α-hetero) is 1. The van der Waals surface area contributed by atoms with Crippen molar-refractivity contribution < 1.29 is 23.8 Å². The van der Waals surface area contributed by atoms with Gasteiger partial charge in [-0.1, -0.05) is 12.1 Å². The predicted molar refractivity (Wildman–Crippen MR) is 116 cm³/mol. The van der Waals surface area contributed by atoms with E-state index in [2.05, 4.69) is 0 Å². The molecule has 0 bridgehead atoms. The van der Waals surface area contributed by atoms with Crippen LogP contribution in [0.15, 0.2) is 42.2 Å². The number of hydrogen-bond donors (Lipinski definition) is 0. The Balaban J connectivity index is 1.76. The molecule has 6 heteroatoms. The molecule has 0 atom stereocenters. The minimum atomic E-state index is -0.575. The third kappa shape index (κ3) is 5.00. The van der Waals surface area contributed by atoms with Crippen molar-refractivity contribution in [1.29, 1.82) is 0 Å². The number of ketones is 1. The second-order valence-corrected chi connectivity index (χ2v) is 8.41. The number of fused-ring (bicyclic) bond motifs is 1. The van der Waals surface area contributed by atoms with E-state index in [9.17, 15) is 9.59 Å². The van der Waals surface area contributed by atoms with Crippen molar-refractivity contribution in [1.82, 2.24) is 0 Å². The zero-order valence-electron chi connectivity index (χ0n) is 18.2. The quantitative estimate of drug-likeness (QED) is 0.539. The van der Waals surface area contributed by atoms with Crippen LogP contribution in [0.2, 0.25) is 0 Å². The molecular weight excluding hydrogens is 382 g/mol. The first-order valence-electron chi connectivity index (χ1n) is 9.74. The molecule has 6 nitrogen and oxygen atoms in total. The number of ether oxygens (including phenoxy) is 3. The lowest BCUT2D eigenvalue weighted by atomic mass is 10.0. The van der Waals surface area contributed by atoms with Gasteiger partial charge in [-0.25, -0.2) is 4.79 Å². The molecule has 1 heterocycles. The van der Waals surface area contributed by atoms with Gasteiger partial charge in [-0.15, -0.1) is 0 Å². The Labute approximate surface area is 177 Å². The number of rotatable bonds is 5. The second-order valence-electron chi connectivity index (χ2n) is 8.41.